The minimum atomic E-state index is 0.216. The van der Waals surface area contributed by atoms with Crippen LogP contribution >= 0.6 is 0 Å². The minimum absolute atomic E-state index is 0.216. The molecule has 2 N–H and O–H groups in total. The van der Waals surface area contributed by atoms with Crippen molar-refractivity contribution >= 4 is 10.9 Å². The average molecular weight is 234 g/mol. The van der Waals surface area contributed by atoms with Crippen LogP contribution in [0.3, 0.4) is 0 Å². The van der Waals surface area contributed by atoms with Crippen LogP contribution in [0.5, 0.6) is 5.75 Å². The lowest BCUT2D eigenvalue weighted by Gasteiger charge is -1.99. The van der Waals surface area contributed by atoms with Crippen LogP contribution in [0.15, 0.2) is 48.5 Å². The van der Waals surface area contributed by atoms with E-state index < -0.39 is 0 Å². The summed E-state index contributed by atoms with van der Waals surface area (Å²) >= 11 is 0. The van der Waals surface area contributed by atoms with E-state index in [1.165, 1.54) is 0 Å². The number of phenols is 1. The largest absolute Gasteiger partial charge is 0.508 e. The van der Waals surface area contributed by atoms with Gasteiger partial charge < -0.3 is 10.1 Å². The maximum atomic E-state index is 9.30. The zero-order chi connectivity index (χ0) is 12.5. The van der Waals surface area contributed by atoms with E-state index in [4.69, 9.17) is 0 Å². The number of nitrogens with zero attached hydrogens (tertiary/aromatic N) is 1. The molecule has 3 rings (SSSR count). The number of hydrogen-bond acceptors (Lipinski definition) is 2. The molecule has 0 spiro atoms. The Kier molecular flexibility index (Phi) is 2.28. The Bertz CT molecular complexity index is 748. The molecule has 0 fully saturated rings. The van der Waals surface area contributed by atoms with Crippen LogP contribution in [0.25, 0.3) is 22.2 Å². The smallest absolute Gasteiger partial charge is 0.115 e. The maximum absolute atomic E-state index is 9.30. The monoisotopic (exact) mass is 234 g/mol. The van der Waals surface area contributed by atoms with E-state index in [2.05, 4.69) is 11.1 Å². The summed E-state index contributed by atoms with van der Waals surface area (Å²) in [6, 6.07) is 16.8. The molecule has 0 amide bonds. The summed E-state index contributed by atoms with van der Waals surface area (Å²) in [4.78, 5) is 3.25. The summed E-state index contributed by atoms with van der Waals surface area (Å²) < 4.78 is 0. The molecule has 0 aliphatic heterocycles. The van der Waals surface area contributed by atoms with Crippen molar-refractivity contribution in [3.05, 3.63) is 54.1 Å². The van der Waals surface area contributed by atoms with Crippen LogP contribution in [0.2, 0.25) is 0 Å². The number of para-hydroxylation sites is 1. The van der Waals surface area contributed by atoms with E-state index in [1.54, 1.807) is 24.3 Å². The number of aromatic nitrogens is 1. The normalized spacial score (nSPS) is 10.4. The molecular formula is C15H10N2O. The highest BCUT2D eigenvalue weighted by atomic mass is 16.3. The molecule has 2 aromatic carbocycles. The first-order valence-corrected chi connectivity index (χ1v) is 5.60. The Morgan fingerprint density at radius 1 is 1.00 bits per heavy atom. The third-order valence-electron chi connectivity index (χ3n) is 2.97. The quantitative estimate of drug-likeness (QED) is 0.677. The Hall–Kier alpha value is -2.73. The van der Waals surface area contributed by atoms with E-state index in [0.717, 1.165) is 22.2 Å². The van der Waals surface area contributed by atoms with E-state index in [0.29, 0.717) is 5.56 Å². The van der Waals surface area contributed by atoms with Crippen molar-refractivity contribution < 1.29 is 5.11 Å². The van der Waals surface area contributed by atoms with Gasteiger partial charge in [0.15, 0.2) is 0 Å². The molecule has 3 aromatic rings. The molecule has 1 aromatic heterocycles. The first kappa shape index (κ1) is 10.4. The van der Waals surface area contributed by atoms with Crippen LogP contribution in [0, 0.1) is 11.3 Å². The summed E-state index contributed by atoms with van der Waals surface area (Å²) in [7, 11) is 0. The SMILES string of the molecule is N#Cc1c(-c2ccc(O)cc2)[nH]c2ccccc12. The molecule has 0 saturated heterocycles. The first-order chi connectivity index (χ1) is 8.79. The summed E-state index contributed by atoms with van der Waals surface area (Å²) in [6.07, 6.45) is 0. The number of aromatic amines is 1. The third-order valence-corrected chi connectivity index (χ3v) is 2.97. The number of hydrogen-bond donors (Lipinski definition) is 2. The summed E-state index contributed by atoms with van der Waals surface area (Å²) in [5.41, 5.74) is 3.26. The highest BCUT2D eigenvalue weighted by Gasteiger charge is 2.12. The zero-order valence-corrected chi connectivity index (χ0v) is 9.51. The predicted molar refractivity (Wildman–Crippen MR) is 70.1 cm³/mol. The van der Waals surface area contributed by atoms with Gasteiger partial charge in [-0.25, -0.2) is 0 Å². The fourth-order valence-electron chi connectivity index (χ4n) is 2.10. The molecule has 0 aliphatic rings. The first-order valence-electron chi connectivity index (χ1n) is 5.60. The lowest BCUT2D eigenvalue weighted by Crippen LogP contribution is -1.80. The zero-order valence-electron chi connectivity index (χ0n) is 9.51. The standard InChI is InChI=1S/C15H10N2O/c16-9-13-12-3-1-2-4-14(12)17-15(13)10-5-7-11(18)8-6-10/h1-8,17-18H. The van der Waals surface area contributed by atoms with Gasteiger partial charge in [-0.05, 0) is 35.9 Å². The molecule has 3 heteroatoms. The van der Waals surface area contributed by atoms with Gasteiger partial charge in [0, 0.05) is 10.9 Å². The van der Waals surface area contributed by atoms with Crippen LogP contribution in [0.1, 0.15) is 5.56 Å². The van der Waals surface area contributed by atoms with Crippen LogP contribution in [0.4, 0.5) is 0 Å². The molecule has 1 heterocycles. The summed E-state index contributed by atoms with van der Waals surface area (Å²) in [6.45, 7) is 0. The Morgan fingerprint density at radius 3 is 2.44 bits per heavy atom. The van der Waals surface area contributed by atoms with E-state index in [9.17, 15) is 10.4 Å². The molecule has 86 valence electrons. The van der Waals surface area contributed by atoms with Crippen molar-refractivity contribution in [2.45, 2.75) is 0 Å². The number of H-pyrrole nitrogens is 1. The van der Waals surface area contributed by atoms with Crippen molar-refractivity contribution in [2.24, 2.45) is 0 Å². The van der Waals surface area contributed by atoms with Crippen LogP contribution in [-0.2, 0) is 0 Å². The second kappa shape index (κ2) is 3.94. The van der Waals surface area contributed by atoms with Crippen molar-refractivity contribution in [1.82, 2.24) is 4.98 Å². The van der Waals surface area contributed by atoms with Crippen LogP contribution in [-0.4, -0.2) is 10.1 Å². The van der Waals surface area contributed by atoms with Gasteiger partial charge in [0.2, 0.25) is 0 Å². The van der Waals surface area contributed by atoms with E-state index >= 15 is 0 Å². The van der Waals surface area contributed by atoms with Gasteiger partial charge in [-0.15, -0.1) is 0 Å². The molecular weight excluding hydrogens is 224 g/mol. The predicted octanol–water partition coefficient (Wildman–Crippen LogP) is 3.41. The third kappa shape index (κ3) is 1.52. The Balaban J connectivity index is 2.29. The van der Waals surface area contributed by atoms with Gasteiger partial charge in [0.25, 0.3) is 0 Å². The minimum Gasteiger partial charge on any atom is -0.508 e. The van der Waals surface area contributed by atoms with Gasteiger partial charge >= 0.3 is 0 Å². The second-order valence-electron chi connectivity index (χ2n) is 4.08. The van der Waals surface area contributed by atoms with Crippen molar-refractivity contribution in [3.63, 3.8) is 0 Å². The molecule has 18 heavy (non-hydrogen) atoms. The fraction of sp³-hybridized carbons (Fsp3) is 0. The average Bonchev–Trinajstić information content (AvgIpc) is 2.78. The number of aromatic hydroxyl groups is 1. The number of benzene rings is 2. The van der Waals surface area contributed by atoms with E-state index in [1.807, 2.05) is 24.3 Å². The summed E-state index contributed by atoms with van der Waals surface area (Å²) in [5, 5.41) is 19.5. The van der Waals surface area contributed by atoms with Gasteiger partial charge in [0.1, 0.15) is 11.8 Å². The highest BCUT2D eigenvalue weighted by Crippen LogP contribution is 2.30. The number of nitrogens with one attached hydrogen (secondary N) is 1. The van der Waals surface area contributed by atoms with Crippen molar-refractivity contribution in [2.75, 3.05) is 0 Å². The molecule has 0 saturated carbocycles. The van der Waals surface area contributed by atoms with Crippen molar-refractivity contribution in [1.29, 1.82) is 5.26 Å². The van der Waals surface area contributed by atoms with E-state index in [-0.39, 0.29) is 5.75 Å². The molecule has 0 radical (unpaired) electrons. The lowest BCUT2D eigenvalue weighted by molar-refractivity contribution is 0.475. The molecule has 0 atom stereocenters. The molecule has 0 unspecified atom stereocenters. The Morgan fingerprint density at radius 2 is 1.72 bits per heavy atom. The number of rotatable bonds is 1. The molecule has 0 aliphatic carbocycles. The topological polar surface area (TPSA) is 59.8 Å². The highest BCUT2D eigenvalue weighted by molar-refractivity contribution is 5.93. The lowest BCUT2D eigenvalue weighted by atomic mass is 10.1. The maximum Gasteiger partial charge on any atom is 0.115 e. The molecule has 3 nitrogen and oxygen atoms in total. The molecule has 0 bridgehead atoms. The van der Waals surface area contributed by atoms with Crippen LogP contribution < -0.4 is 0 Å². The van der Waals surface area contributed by atoms with Crippen molar-refractivity contribution in [3.8, 4) is 23.1 Å². The summed E-state index contributed by atoms with van der Waals surface area (Å²) in [5.74, 6) is 0.216. The number of phenolic OH excluding ortho intramolecular Hbond substituents is 1. The van der Waals surface area contributed by atoms with Gasteiger partial charge in [-0.3, -0.25) is 0 Å². The number of nitriles is 1. The van der Waals surface area contributed by atoms with Gasteiger partial charge in [0.05, 0.1) is 11.3 Å². The Labute approximate surface area is 104 Å². The van der Waals surface area contributed by atoms with Gasteiger partial charge in [-0.1, -0.05) is 18.2 Å². The van der Waals surface area contributed by atoms with Gasteiger partial charge in [-0.2, -0.15) is 5.26 Å². The second-order valence-corrected chi connectivity index (χ2v) is 4.08. The number of fused-ring (bicyclic) bond motifs is 1. The fourth-order valence-corrected chi connectivity index (χ4v) is 2.10.